The molecule has 140 valence electrons. The van der Waals surface area contributed by atoms with Gasteiger partial charge in [0, 0.05) is 18.5 Å². The summed E-state index contributed by atoms with van der Waals surface area (Å²) in [7, 11) is 3.51. The Kier molecular flexibility index (Phi) is 5.08. The van der Waals surface area contributed by atoms with Crippen LogP contribution in [-0.2, 0) is 11.8 Å². The molecular formula is C17H18N6O2S2. The highest BCUT2D eigenvalue weighted by atomic mass is 32.2. The number of amides is 1. The molecule has 27 heavy (non-hydrogen) atoms. The average molecular weight is 403 g/mol. The van der Waals surface area contributed by atoms with E-state index < -0.39 is 0 Å². The highest BCUT2D eigenvalue weighted by molar-refractivity contribution is 7.99. The molecule has 1 N–H and O–H groups in total. The number of carbonyl (C=O) groups is 1. The van der Waals surface area contributed by atoms with E-state index in [0.717, 1.165) is 22.1 Å². The van der Waals surface area contributed by atoms with E-state index in [1.54, 1.807) is 7.11 Å². The molecule has 0 spiro atoms. The molecule has 0 atom stereocenters. The van der Waals surface area contributed by atoms with E-state index >= 15 is 0 Å². The predicted molar refractivity (Wildman–Crippen MR) is 104 cm³/mol. The van der Waals surface area contributed by atoms with E-state index in [0.29, 0.717) is 16.2 Å². The van der Waals surface area contributed by atoms with E-state index in [4.69, 9.17) is 4.74 Å². The Morgan fingerprint density at radius 2 is 2.04 bits per heavy atom. The van der Waals surface area contributed by atoms with Gasteiger partial charge in [0.05, 0.1) is 12.9 Å². The number of nitrogens with zero attached hydrogens (tertiary/aromatic N) is 5. The number of benzene rings is 1. The lowest BCUT2D eigenvalue weighted by molar-refractivity contribution is -0.113. The third kappa shape index (κ3) is 4.11. The van der Waals surface area contributed by atoms with Crippen molar-refractivity contribution in [1.82, 2.24) is 25.0 Å². The van der Waals surface area contributed by atoms with Gasteiger partial charge in [-0.05, 0) is 37.1 Å². The van der Waals surface area contributed by atoms with Crippen molar-refractivity contribution in [1.29, 1.82) is 0 Å². The topological polar surface area (TPSA) is 94.8 Å². The molecule has 1 fully saturated rings. The summed E-state index contributed by atoms with van der Waals surface area (Å²) in [6.45, 7) is 0. The summed E-state index contributed by atoms with van der Waals surface area (Å²) < 4.78 is 7.04. The molecule has 4 rings (SSSR count). The number of hydrogen-bond acceptors (Lipinski definition) is 8. The molecule has 8 nitrogen and oxygen atoms in total. The van der Waals surface area contributed by atoms with Crippen LogP contribution >= 0.6 is 23.1 Å². The first-order chi connectivity index (χ1) is 13.1. The van der Waals surface area contributed by atoms with E-state index in [2.05, 4.69) is 25.7 Å². The van der Waals surface area contributed by atoms with Crippen LogP contribution in [0.15, 0.2) is 29.4 Å². The first-order valence-corrected chi connectivity index (χ1v) is 10.2. The largest absolute Gasteiger partial charge is 0.497 e. The molecule has 0 bridgehead atoms. The van der Waals surface area contributed by atoms with Gasteiger partial charge in [-0.1, -0.05) is 23.1 Å². The van der Waals surface area contributed by atoms with Crippen LogP contribution in [0.25, 0.3) is 11.4 Å². The van der Waals surface area contributed by atoms with Gasteiger partial charge in [-0.3, -0.25) is 10.1 Å². The van der Waals surface area contributed by atoms with Crippen molar-refractivity contribution in [2.45, 2.75) is 23.9 Å². The molecule has 3 aromatic rings. The molecule has 0 unspecified atom stereocenters. The van der Waals surface area contributed by atoms with Crippen molar-refractivity contribution < 1.29 is 9.53 Å². The number of aromatic nitrogens is 5. The highest BCUT2D eigenvalue weighted by Crippen LogP contribution is 2.42. The SMILES string of the molecule is COc1ccc(-c2nnc(SCC(=O)Nc3nnc(C4CC4)s3)n2C)cc1. The molecule has 1 aliphatic rings. The van der Waals surface area contributed by atoms with E-state index in [1.165, 1.54) is 35.9 Å². The minimum atomic E-state index is -0.132. The summed E-state index contributed by atoms with van der Waals surface area (Å²) in [5.41, 5.74) is 0.934. The lowest BCUT2D eigenvalue weighted by atomic mass is 10.2. The molecule has 1 aromatic carbocycles. The molecule has 0 radical (unpaired) electrons. The summed E-state index contributed by atoms with van der Waals surface area (Å²) in [6.07, 6.45) is 2.34. The first-order valence-electron chi connectivity index (χ1n) is 8.44. The van der Waals surface area contributed by atoms with Crippen LogP contribution < -0.4 is 10.1 Å². The number of anilines is 1. The number of carbonyl (C=O) groups excluding carboxylic acids is 1. The van der Waals surface area contributed by atoms with Gasteiger partial charge in [0.15, 0.2) is 11.0 Å². The second kappa shape index (κ2) is 7.65. The standard InChI is InChI=1S/C17H18N6O2S2/c1-23-14(10-5-7-12(25-2)8-6-10)19-22-17(23)26-9-13(24)18-16-21-20-15(27-16)11-3-4-11/h5-8,11H,3-4,9H2,1-2H3,(H,18,21,24). The maximum absolute atomic E-state index is 12.2. The number of ether oxygens (including phenoxy) is 1. The Hall–Kier alpha value is -2.46. The fraction of sp³-hybridized carbons (Fsp3) is 0.353. The monoisotopic (exact) mass is 402 g/mol. The number of methoxy groups -OCH3 is 1. The molecule has 1 saturated carbocycles. The van der Waals surface area contributed by atoms with Crippen molar-refractivity contribution >= 4 is 34.1 Å². The smallest absolute Gasteiger partial charge is 0.236 e. The van der Waals surface area contributed by atoms with Crippen molar-refractivity contribution in [3.8, 4) is 17.1 Å². The average Bonchev–Trinajstić information content (AvgIpc) is 3.33. The highest BCUT2D eigenvalue weighted by Gasteiger charge is 2.27. The van der Waals surface area contributed by atoms with Gasteiger partial charge < -0.3 is 9.30 Å². The van der Waals surface area contributed by atoms with E-state index in [-0.39, 0.29) is 11.7 Å². The van der Waals surface area contributed by atoms with Gasteiger partial charge in [0.1, 0.15) is 10.8 Å². The second-order valence-electron chi connectivity index (χ2n) is 6.15. The Morgan fingerprint density at radius 3 is 2.74 bits per heavy atom. The Bertz CT molecular complexity index is 949. The zero-order valence-electron chi connectivity index (χ0n) is 14.9. The van der Waals surface area contributed by atoms with Crippen molar-refractivity contribution in [3.63, 3.8) is 0 Å². The number of rotatable bonds is 7. The van der Waals surface area contributed by atoms with Crippen molar-refractivity contribution in [3.05, 3.63) is 29.3 Å². The summed E-state index contributed by atoms with van der Waals surface area (Å²) in [6, 6.07) is 7.61. The van der Waals surface area contributed by atoms with Gasteiger partial charge >= 0.3 is 0 Å². The Morgan fingerprint density at radius 1 is 1.26 bits per heavy atom. The molecule has 0 saturated heterocycles. The van der Waals surface area contributed by atoms with Gasteiger partial charge in [-0.25, -0.2) is 0 Å². The lowest BCUT2D eigenvalue weighted by Gasteiger charge is -2.05. The first kappa shape index (κ1) is 17.9. The molecule has 2 aromatic heterocycles. The molecule has 1 amide bonds. The summed E-state index contributed by atoms with van der Waals surface area (Å²) in [5.74, 6) is 2.16. The van der Waals surface area contributed by atoms with Crippen LogP contribution in [0.1, 0.15) is 23.8 Å². The zero-order chi connectivity index (χ0) is 18.8. The Balaban J connectivity index is 1.36. The van der Waals surface area contributed by atoms with Crippen LogP contribution in [0.3, 0.4) is 0 Å². The van der Waals surface area contributed by atoms with Crippen LogP contribution in [-0.4, -0.2) is 43.7 Å². The lowest BCUT2D eigenvalue weighted by Crippen LogP contribution is -2.14. The van der Waals surface area contributed by atoms with Gasteiger partial charge in [0.25, 0.3) is 0 Å². The molecular weight excluding hydrogens is 384 g/mol. The molecule has 10 heteroatoms. The fourth-order valence-corrected chi connectivity index (χ4v) is 4.14. The number of hydrogen-bond donors (Lipinski definition) is 1. The zero-order valence-corrected chi connectivity index (χ0v) is 16.5. The number of nitrogens with one attached hydrogen (secondary N) is 1. The van der Waals surface area contributed by atoms with E-state index in [1.807, 2.05) is 35.9 Å². The predicted octanol–water partition coefficient (Wildman–Crippen LogP) is 2.95. The second-order valence-corrected chi connectivity index (χ2v) is 8.10. The molecule has 1 aliphatic carbocycles. The normalized spacial score (nSPS) is 13.6. The molecule has 0 aliphatic heterocycles. The third-order valence-corrected chi connectivity index (χ3v) is 6.15. The van der Waals surface area contributed by atoms with Crippen LogP contribution in [0.5, 0.6) is 5.75 Å². The molecule has 2 heterocycles. The van der Waals surface area contributed by atoms with Crippen LogP contribution in [0.4, 0.5) is 5.13 Å². The van der Waals surface area contributed by atoms with Crippen molar-refractivity contribution in [2.24, 2.45) is 7.05 Å². The van der Waals surface area contributed by atoms with E-state index in [9.17, 15) is 4.79 Å². The van der Waals surface area contributed by atoms with Gasteiger partial charge in [-0.15, -0.1) is 20.4 Å². The van der Waals surface area contributed by atoms with Crippen molar-refractivity contribution in [2.75, 3.05) is 18.2 Å². The maximum Gasteiger partial charge on any atom is 0.236 e. The quantitative estimate of drug-likeness (QED) is 0.607. The maximum atomic E-state index is 12.2. The summed E-state index contributed by atoms with van der Waals surface area (Å²) in [4.78, 5) is 12.2. The van der Waals surface area contributed by atoms with Gasteiger partial charge in [0.2, 0.25) is 11.0 Å². The third-order valence-electron chi connectivity index (χ3n) is 4.13. The fourth-order valence-electron chi connectivity index (χ4n) is 2.50. The van der Waals surface area contributed by atoms with Gasteiger partial charge in [-0.2, -0.15) is 0 Å². The minimum Gasteiger partial charge on any atom is -0.497 e. The minimum absolute atomic E-state index is 0.132. The van der Waals surface area contributed by atoms with Crippen LogP contribution in [0.2, 0.25) is 0 Å². The number of thioether (sulfide) groups is 1. The van der Waals surface area contributed by atoms with Crippen LogP contribution in [0, 0.1) is 0 Å². The summed E-state index contributed by atoms with van der Waals surface area (Å²) in [5, 5.41) is 21.6. The Labute approximate surface area is 164 Å². The summed E-state index contributed by atoms with van der Waals surface area (Å²) >= 11 is 2.79.